The van der Waals surface area contributed by atoms with E-state index in [1.54, 1.807) is 18.2 Å². The molecular formula is C14H18N2O3. The Kier molecular flexibility index (Phi) is 6.23. The number of ether oxygens (including phenoxy) is 2. The lowest BCUT2D eigenvalue weighted by atomic mass is 10.1. The molecule has 1 aromatic rings. The molecule has 0 atom stereocenters. The van der Waals surface area contributed by atoms with Crippen LogP contribution in [-0.4, -0.2) is 26.7 Å². The van der Waals surface area contributed by atoms with Crippen LogP contribution in [0.25, 0.3) is 0 Å². The molecule has 0 aliphatic heterocycles. The molecule has 1 amide bonds. The van der Waals surface area contributed by atoms with E-state index in [0.29, 0.717) is 30.0 Å². The minimum atomic E-state index is -0.230. The summed E-state index contributed by atoms with van der Waals surface area (Å²) in [7, 11) is 3.02. The maximum absolute atomic E-state index is 12.1. The van der Waals surface area contributed by atoms with Crippen LogP contribution in [0.15, 0.2) is 18.2 Å². The van der Waals surface area contributed by atoms with Gasteiger partial charge in [0.15, 0.2) is 0 Å². The Labute approximate surface area is 113 Å². The molecule has 19 heavy (non-hydrogen) atoms. The molecule has 0 unspecified atom stereocenters. The summed E-state index contributed by atoms with van der Waals surface area (Å²) in [5.74, 6) is 0.731. The first-order chi connectivity index (χ1) is 9.24. The molecule has 0 aromatic heterocycles. The topological polar surface area (TPSA) is 71.3 Å². The van der Waals surface area contributed by atoms with E-state index in [4.69, 9.17) is 14.7 Å². The molecular weight excluding hydrogens is 244 g/mol. The first kappa shape index (κ1) is 14.8. The summed E-state index contributed by atoms with van der Waals surface area (Å²) in [4.78, 5) is 12.1. The van der Waals surface area contributed by atoms with E-state index in [1.807, 2.05) is 0 Å². The summed E-state index contributed by atoms with van der Waals surface area (Å²) in [5.41, 5.74) is 0.396. The third-order valence-corrected chi connectivity index (χ3v) is 2.66. The molecule has 1 aromatic carbocycles. The number of amides is 1. The van der Waals surface area contributed by atoms with Crippen LogP contribution >= 0.6 is 0 Å². The molecule has 102 valence electrons. The highest BCUT2D eigenvalue weighted by Crippen LogP contribution is 2.27. The molecule has 0 radical (unpaired) electrons. The van der Waals surface area contributed by atoms with Crippen molar-refractivity contribution in [2.24, 2.45) is 0 Å². The second-order valence-corrected chi connectivity index (χ2v) is 3.91. The summed E-state index contributed by atoms with van der Waals surface area (Å²) in [6.07, 6.45) is 2.06. The van der Waals surface area contributed by atoms with Gasteiger partial charge in [0, 0.05) is 13.0 Å². The number of carbonyl (C=O) groups excluding carboxylic acids is 1. The van der Waals surface area contributed by atoms with Crippen LogP contribution in [0.1, 0.15) is 29.6 Å². The normalized spacial score (nSPS) is 9.53. The number of unbranched alkanes of at least 4 members (excludes halogenated alkanes) is 2. The summed E-state index contributed by atoms with van der Waals surface area (Å²) in [5, 5.41) is 11.2. The van der Waals surface area contributed by atoms with Crippen LogP contribution in [-0.2, 0) is 0 Å². The molecule has 0 saturated carbocycles. The van der Waals surface area contributed by atoms with Crippen molar-refractivity contribution in [3.63, 3.8) is 0 Å². The third-order valence-electron chi connectivity index (χ3n) is 2.66. The van der Waals surface area contributed by atoms with Crippen molar-refractivity contribution >= 4 is 5.91 Å². The number of nitrogens with zero attached hydrogens (tertiary/aromatic N) is 1. The van der Waals surface area contributed by atoms with Gasteiger partial charge in [-0.1, -0.05) is 6.07 Å². The molecule has 0 saturated heterocycles. The van der Waals surface area contributed by atoms with E-state index in [2.05, 4.69) is 11.4 Å². The van der Waals surface area contributed by atoms with Crippen LogP contribution in [0, 0.1) is 11.3 Å². The quantitative estimate of drug-likeness (QED) is 0.764. The van der Waals surface area contributed by atoms with Gasteiger partial charge in [0.1, 0.15) is 17.1 Å². The lowest BCUT2D eigenvalue weighted by molar-refractivity contribution is 0.0947. The van der Waals surface area contributed by atoms with Crippen LogP contribution in [0.4, 0.5) is 0 Å². The van der Waals surface area contributed by atoms with Gasteiger partial charge in [0.2, 0.25) is 0 Å². The number of methoxy groups -OCH3 is 2. The molecule has 5 heteroatoms. The largest absolute Gasteiger partial charge is 0.496 e. The molecule has 5 nitrogen and oxygen atoms in total. The second kappa shape index (κ2) is 7.98. The number of hydrogen-bond acceptors (Lipinski definition) is 4. The zero-order valence-electron chi connectivity index (χ0n) is 11.2. The maximum Gasteiger partial charge on any atom is 0.258 e. The zero-order chi connectivity index (χ0) is 14.1. The Morgan fingerprint density at radius 1 is 1.26 bits per heavy atom. The molecule has 0 bridgehead atoms. The Balaban J connectivity index is 2.68. The number of hydrogen-bond donors (Lipinski definition) is 1. The Hall–Kier alpha value is -2.22. The second-order valence-electron chi connectivity index (χ2n) is 3.91. The van der Waals surface area contributed by atoms with Gasteiger partial charge in [-0.25, -0.2) is 0 Å². The number of nitrogens with one attached hydrogen (secondary N) is 1. The van der Waals surface area contributed by atoms with E-state index < -0.39 is 0 Å². The third kappa shape index (κ3) is 4.18. The van der Waals surface area contributed by atoms with Crippen LogP contribution in [0.2, 0.25) is 0 Å². The Morgan fingerprint density at radius 3 is 2.42 bits per heavy atom. The average molecular weight is 262 g/mol. The summed E-state index contributed by atoms with van der Waals surface area (Å²) in [6.45, 7) is 0.529. The van der Waals surface area contributed by atoms with Crippen molar-refractivity contribution in [2.75, 3.05) is 20.8 Å². The molecule has 1 rings (SSSR count). The summed E-state index contributed by atoms with van der Waals surface area (Å²) >= 11 is 0. The SMILES string of the molecule is COc1cccc(OC)c1C(=O)NCCCCC#N. The molecule has 1 N–H and O–H groups in total. The fourth-order valence-electron chi connectivity index (χ4n) is 1.69. The van der Waals surface area contributed by atoms with Gasteiger partial charge in [-0.05, 0) is 25.0 Å². The highest BCUT2D eigenvalue weighted by molar-refractivity contribution is 5.99. The molecule has 0 aliphatic rings. The highest BCUT2D eigenvalue weighted by atomic mass is 16.5. The van der Waals surface area contributed by atoms with Crippen LogP contribution in [0.5, 0.6) is 11.5 Å². The van der Waals surface area contributed by atoms with Crippen LogP contribution in [0.3, 0.4) is 0 Å². The van der Waals surface area contributed by atoms with E-state index in [0.717, 1.165) is 12.8 Å². The van der Waals surface area contributed by atoms with Gasteiger partial charge in [-0.2, -0.15) is 5.26 Å². The molecule has 0 heterocycles. The summed E-state index contributed by atoms with van der Waals surface area (Å²) < 4.78 is 10.3. The minimum Gasteiger partial charge on any atom is -0.496 e. The Morgan fingerprint density at radius 2 is 1.89 bits per heavy atom. The van der Waals surface area contributed by atoms with Crippen molar-refractivity contribution in [3.05, 3.63) is 23.8 Å². The standard InChI is InChI=1S/C14H18N2O3/c1-18-11-7-6-8-12(19-2)13(11)14(17)16-10-5-3-4-9-15/h6-8H,3-5,10H2,1-2H3,(H,16,17). The predicted octanol–water partition coefficient (Wildman–Crippen LogP) is 2.13. The van der Waals surface area contributed by atoms with Crippen molar-refractivity contribution in [1.82, 2.24) is 5.32 Å². The van der Waals surface area contributed by atoms with E-state index >= 15 is 0 Å². The van der Waals surface area contributed by atoms with Crippen molar-refractivity contribution in [1.29, 1.82) is 5.26 Å². The van der Waals surface area contributed by atoms with E-state index in [-0.39, 0.29) is 5.91 Å². The van der Waals surface area contributed by atoms with Crippen LogP contribution < -0.4 is 14.8 Å². The lowest BCUT2D eigenvalue weighted by Gasteiger charge is -2.12. The van der Waals surface area contributed by atoms with Crippen molar-refractivity contribution < 1.29 is 14.3 Å². The fraction of sp³-hybridized carbons (Fsp3) is 0.429. The number of nitriles is 1. The number of carbonyl (C=O) groups is 1. The van der Waals surface area contributed by atoms with Gasteiger partial charge in [0.05, 0.1) is 20.3 Å². The monoisotopic (exact) mass is 262 g/mol. The fourth-order valence-corrected chi connectivity index (χ4v) is 1.69. The Bertz CT molecular complexity index is 444. The van der Waals surface area contributed by atoms with Gasteiger partial charge in [-0.15, -0.1) is 0 Å². The first-order valence-electron chi connectivity index (χ1n) is 6.10. The lowest BCUT2D eigenvalue weighted by Crippen LogP contribution is -2.25. The van der Waals surface area contributed by atoms with Gasteiger partial charge < -0.3 is 14.8 Å². The van der Waals surface area contributed by atoms with E-state index in [9.17, 15) is 4.79 Å². The highest BCUT2D eigenvalue weighted by Gasteiger charge is 2.17. The zero-order valence-corrected chi connectivity index (χ0v) is 11.2. The smallest absolute Gasteiger partial charge is 0.258 e. The van der Waals surface area contributed by atoms with Gasteiger partial charge in [0.25, 0.3) is 5.91 Å². The van der Waals surface area contributed by atoms with E-state index in [1.165, 1.54) is 14.2 Å². The number of benzene rings is 1. The predicted molar refractivity (Wildman–Crippen MR) is 71.3 cm³/mol. The summed E-state index contributed by atoms with van der Waals surface area (Å²) in [6, 6.07) is 7.27. The number of rotatable bonds is 7. The average Bonchev–Trinajstić information content (AvgIpc) is 2.45. The minimum absolute atomic E-state index is 0.230. The molecule has 0 aliphatic carbocycles. The van der Waals surface area contributed by atoms with Crippen molar-refractivity contribution in [3.8, 4) is 17.6 Å². The van der Waals surface area contributed by atoms with Crippen molar-refractivity contribution in [2.45, 2.75) is 19.3 Å². The maximum atomic E-state index is 12.1. The van der Waals surface area contributed by atoms with Gasteiger partial charge >= 0.3 is 0 Å². The molecule has 0 fully saturated rings. The van der Waals surface area contributed by atoms with Gasteiger partial charge in [-0.3, -0.25) is 4.79 Å². The molecule has 0 spiro atoms. The first-order valence-corrected chi connectivity index (χ1v) is 6.10.